The third kappa shape index (κ3) is 2.99. The molecular weight excluding hydrogens is 252 g/mol. The number of hydrogen-bond donors (Lipinski definition) is 1. The molecule has 4 unspecified atom stereocenters. The highest BCUT2D eigenvalue weighted by Crippen LogP contribution is 2.31. The summed E-state index contributed by atoms with van der Waals surface area (Å²) in [4.78, 5) is 26.9. The van der Waals surface area contributed by atoms with Gasteiger partial charge in [-0.1, -0.05) is 33.6 Å². The monoisotopic (exact) mass is 280 g/mol. The van der Waals surface area contributed by atoms with Crippen LogP contribution in [0.25, 0.3) is 0 Å². The molecule has 1 aliphatic heterocycles. The molecule has 114 valence electrons. The molecule has 1 saturated carbocycles. The van der Waals surface area contributed by atoms with Crippen molar-refractivity contribution in [2.45, 2.75) is 77.9 Å². The smallest absolute Gasteiger partial charge is 0.246 e. The zero-order chi connectivity index (χ0) is 14.9. The normalized spacial score (nSPS) is 35.4. The van der Waals surface area contributed by atoms with Crippen LogP contribution in [0.3, 0.4) is 0 Å². The first-order valence-corrected chi connectivity index (χ1v) is 8.04. The van der Waals surface area contributed by atoms with Crippen molar-refractivity contribution < 1.29 is 9.59 Å². The van der Waals surface area contributed by atoms with Crippen molar-refractivity contribution in [3.8, 4) is 0 Å². The van der Waals surface area contributed by atoms with Crippen molar-refractivity contribution >= 4 is 11.8 Å². The van der Waals surface area contributed by atoms with Crippen LogP contribution in [-0.2, 0) is 9.59 Å². The van der Waals surface area contributed by atoms with E-state index in [1.807, 2.05) is 11.8 Å². The summed E-state index contributed by atoms with van der Waals surface area (Å²) >= 11 is 0. The van der Waals surface area contributed by atoms with E-state index in [-0.39, 0.29) is 29.9 Å². The topological polar surface area (TPSA) is 49.4 Å². The van der Waals surface area contributed by atoms with E-state index in [9.17, 15) is 9.59 Å². The minimum atomic E-state index is -0.326. The first-order valence-electron chi connectivity index (χ1n) is 8.04. The van der Waals surface area contributed by atoms with Crippen LogP contribution in [0.5, 0.6) is 0 Å². The predicted octanol–water partition coefficient (Wildman–Crippen LogP) is 2.33. The van der Waals surface area contributed by atoms with Crippen molar-refractivity contribution in [3.05, 3.63) is 0 Å². The fourth-order valence-electron chi connectivity index (χ4n) is 3.64. The number of rotatable bonds is 3. The van der Waals surface area contributed by atoms with Gasteiger partial charge < -0.3 is 10.2 Å². The van der Waals surface area contributed by atoms with Gasteiger partial charge in [-0.15, -0.1) is 0 Å². The Morgan fingerprint density at radius 3 is 2.45 bits per heavy atom. The van der Waals surface area contributed by atoms with Gasteiger partial charge in [0.25, 0.3) is 0 Å². The Balaban J connectivity index is 2.19. The van der Waals surface area contributed by atoms with Crippen molar-refractivity contribution in [2.75, 3.05) is 0 Å². The highest BCUT2D eigenvalue weighted by molar-refractivity contribution is 5.96. The van der Waals surface area contributed by atoms with E-state index >= 15 is 0 Å². The van der Waals surface area contributed by atoms with Crippen LogP contribution in [0.1, 0.15) is 59.8 Å². The Morgan fingerprint density at radius 2 is 1.85 bits per heavy atom. The predicted molar refractivity (Wildman–Crippen MR) is 79.1 cm³/mol. The summed E-state index contributed by atoms with van der Waals surface area (Å²) in [5.74, 6) is 1.04. The van der Waals surface area contributed by atoms with E-state index in [0.717, 1.165) is 19.3 Å². The van der Waals surface area contributed by atoms with E-state index in [2.05, 4.69) is 26.1 Å². The third-order valence-corrected chi connectivity index (χ3v) is 4.80. The standard InChI is InChI=1S/C16H28N2O2/c1-10(2)9-13-16(20)18(12(4)15(19)17-13)14-8-6-5-7-11(14)3/h10-14H,5-9H2,1-4H3,(H,17,19). The summed E-state index contributed by atoms with van der Waals surface area (Å²) in [6, 6.07) is -0.406. The maximum Gasteiger partial charge on any atom is 0.246 e. The van der Waals surface area contributed by atoms with E-state index in [4.69, 9.17) is 0 Å². The maximum absolute atomic E-state index is 12.8. The third-order valence-electron chi connectivity index (χ3n) is 4.80. The lowest BCUT2D eigenvalue weighted by Crippen LogP contribution is -2.66. The average molecular weight is 280 g/mol. The highest BCUT2D eigenvalue weighted by atomic mass is 16.2. The summed E-state index contributed by atoms with van der Waals surface area (Å²) in [7, 11) is 0. The number of amides is 2. The maximum atomic E-state index is 12.8. The van der Waals surface area contributed by atoms with E-state index in [1.54, 1.807) is 0 Å². The summed E-state index contributed by atoms with van der Waals surface area (Å²) in [6.45, 7) is 8.25. The molecule has 4 nitrogen and oxygen atoms in total. The molecule has 0 aromatic carbocycles. The molecule has 2 rings (SSSR count). The lowest BCUT2D eigenvalue weighted by Gasteiger charge is -2.46. The molecule has 4 heteroatoms. The van der Waals surface area contributed by atoms with Crippen LogP contribution in [0.2, 0.25) is 0 Å². The molecule has 0 radical (unpaired) electrons. The van der Waals surface area contributed by atoms with E-state index in [1.165, 1.54) is 12.8 Å². The number of nitrogens with one attached hydrogen (secondary N) is 1. The Kier molecular flexibility index (Phi) is 4.71. The molecule has 0 spiro atoms. The fraction of sp³-hybridized carbons (Fsp3) is 0.875. The second kappa shape index (κ2) is 6.15. The molecule has 1 saturated heterocycles. The van der Waals surface area contributed by atoms with Crippen molar-refractivity contribution in [3.63, 3.8) is 0 Å². The Labute approximate surface area is 122 Å². The molecule has 20 heavy (non-hydrogen) atoms. The Hall–Kier alpha value is -1.06. The number of nitrogens with zero attached hydrogens (tertiary/aromatic N) is 1. The van der Waals surface area contributed by atoms with E-state index in [0.29, 0.717) is 11.8 Å². The Bertz CT molecular complexity index is 381. The van der Waals surface area contributed by atoms with E-state index < -0.39 is 0 Å². The van der Waals surface area contributed by atoms with Crippen LogP contribution >= 0.6 is 0 Å². The summed E-state index contributed by atoms with van der Waals surface area (Å²) in [5, 5.41) is 2.90. The van der Waals surface area contributed by atoms with Crippen molar-refractivity contribution in [1.29, 1.82) is 0 Å². The van der Waals surface area contributed by atoms with Crippen LogP contribution in [0, 0.1) is 11.8 Å². The number of carbonyl (C=O) groups is 2. The van der Waals surface area contributed by atoms with Gasteiger partial charge in [-0.25, -0.2) is 0 Å². The zero-order valence-corrected chi connectivity index (χ0v) is 13.2. The van der Waals surface area contributed by atoms with Crippen LogP contribution < -0.4 is 5.32 Å². The average Bonchev–Trinajstić information content (AvgIpc) is 2.38. The SMILES string of the molecule is CC(C)CC1NC(=O)C(C)N(C2CCCCC2C)C1=O. The lowest BCUT2D eigenvalue weighted by molar-refractivity contribution is -0.154. The summed E-state index contributed by atoms with van der Waals surface area (Å²) in [6.07, 6.45) is 5.35. The summed E-state index contributed by atoms with van der Waals surface area (Å²) in [5.41, 5.74) is 0. The van der Waals surface area contributed by atoms with Crippen LogP contribution in [0.15, 0.2) is 0 Å². The van der Waals surface area contributed by atoms with Crippen molar-refractivity contribution in [1.82, 2.24) is 10.2 Å². The number of hydrogen-bond acceptors (Lipinski definition) is 2. The number of piperazine rings is 1. The molecule has 2 aliphatic rings. The first kappa shape index (κ1) is 15.3. The van der Waals surface area contributed by atoms with Gasteiger partial charge in [0.2, 0.25) is 11.8 Å². The second-order valence-electron chi connectivity index (χ2n) is 6.94. The summed E-state index contributed by atoms with van der Waals surface area (Å²) < 4.78 is 0. The number of carbonyl (C=O) groups excluding carboxylic acids is 2. The largest absolute Gasteiger partial charge is 0.343 e. The minimum Gasteiger partial charge on any atom is -0.343 e. The molecule has 1 heterocycles. The van der Waals surface area contributed by atoms with Gasteiger partial charge in [-0.3, -0.25) is 9.59 Å². The van der Waals surface area contributed by atoms with Gasteiger partial charge in [0.15, 0.2) is 0 Å². The van der Waals surface area contributed by atoms with Gasteiger partial charge in [-0.05, 0) is 38.0 Å². The quantitative estimate of drug-likeness (QED) is 0.862. The molecule has 4 atom stereocenters. The minimum absolute atomic E-state index is 0.00743. The van der Waals surface area contributed by atoms with Gasteiger partial charge in [0.05, 0.1) is 0 Å². The molecule has 2 fully saturated rings. The lowest BCUT2D eigenvalue weighted by atomic mass is 9.83. The van der Waals surface area contributed by atoms with Crippen LogP contribution in [0.4, 0.5) is 0 Å². The molecule has 0 bridgehead atoms. The van der Waals surface area contributed by atoms with Gasteiger partial charge >= 0.3 is 0 Å². The molecule has 1 aliphatic carbocycles. The van der Waals surface area contributed by atoms with Crippen molar-refractivity contribution in [2.24, 2.45) is 11.8 Å². The molecule has 0 aromatic heterocycles. The zero-order valence-electron chi connectivity index (χ0n) is 13.2. The molecule has 1 N–H and O–H groups in total. The van der Waals surface area contributed by atoms with Gasteiger partial charge in [0.1, 0.15) is 12.1 Å². The van der Waals surface area contributed by atoms with Gasteiger partial charge in [-0.2, -0.15) is 0 Å². The molecule has 0 aromatic rings. The fourth-order valence-corrected chi connectivity index (χ4v) is 3.64. The first-order chi connectivity index (χ1) is 9.41. The highest BCUT2D eigenvalue weighted by Gasteiger charge is 2.43. The molecule has 2 amide bonds. The Morgan fingerprint density at radius 1 is 1.20 bits per heavy atom. The second-order valence-corrected chi connectivity index (χ2v) is 6.94. The van der Waals surface area contributed by atoms with Gasteiger partial charge in [0, 0.05) is 6.04 Å². The molecular formula is C16H28N2O2. The van der Waals surface area contributed by atoms with Crippen LogP contribution in [-0.4, -0.2) is 34.8 Å².